The molecule has 1 heterocycles. The molecule has 2 aromatic rings. The molecule has 2 rings (SSSR count). The average molecular weight is 291 g/mol. The van der Waals surface area contributed by atoms with Crippen molar-refractivity contribution >= 4 is 11.6 Å². The lowest BCUT2D eigenvalue weighted by Gasteiger charge is -2.13. The van der Waals surface area contributed by atoms with Crippen LogP contribution in [0.2, 0.25) is 5.02 Å². The second-order valence-corrected chi connectivity index (χ2v) is 5.34. The lowest BCUT2D eigenvalue weighted by atomic mass is 10.1. The van der Waals surface area contributed by atoms with Crippen LogP contribution in [0.25, 0.3) is 0 Å². The predicted molar refractivity (Wildman–Crippen MR) is 82.7 cm³/mol. The predicted octanol–water partition coefficient (Wildman–Crippen LogP) is 4.42. The number of hydrogen-bond donors (Lipinski definition) is 1. The lowest BCUT2D eigenvalue weighted by molar-refractivity contribution is 0.471. The van der Waals surface area contributed by atoms with Gasteiger partial charge in [0.05, 0.1) is 11.9 Å². The molecule has 0 spiro atoms. The fraction of sp³-hybridized carbons (Fsp3) is 0.312. The summed E-state index contributed by atoms with van der Waals surface area (Å²) in [5.41, 5.74) is 3.02. The summed E-state index contributed by atoms with van der Waals surface area (Å²) in [6.45, 7) is 6.04. The molecule has 106 valence electrons. The van der Waals surface area contributed by atoms with Gasteiger partial charge in [0.15, 0.2) is 0 Å². The highest BCUT2D eigenvalue weighted by Crippen LogP contribution is 2.31. The van der Waals surface area contributed by atoms with Gasteiger partial charge in [-0.1, -0.05) is 11.6 Å². The van der Waals surface area contributed by atoms with Gasteiger partial charge in [0.1, 0.15) is 11.5 Å². The Morgan fingerprint density at radius 1 is 1.20 bits per heavy atom. The van der Waals surface area contributed by atoms with Crippen LogP contribution in [-0.2, 0) is 0 Å². The van der Waals surface area contributed by atoms with Gasteiger partial charge in [0.25, 0.3) is 0 Å². The van der Waals surface area contributed by atoms with Crippen molar-refractivity contribution in [1.29, 1.82) is 0 Å². The molecule has 0 aliphatic heterocycles. The number of aromatic nitrogens is 1. The van der Waals surface area contributed by atoms with Crippen LogP contribution in [0.1, 0.15) is 29.8 Å². The van der Waals surface area contributed by atoms with Crippen LogP contribution in [0.5, 0.6) is 11.5 Å². The van der Waals surface area contributed by atoms with Crippen molar-refractivity contribution < 1.29 is 4.74 Å². The Hall–Kier alpha value is -1.58. The number of ether oxygens (including phenoxy) is 1. The Labute approximate surface area is 124 Å². The van der Waals surface area contributed by atoms with E-state index in [0.717, 1.165) is 33.3 Å². The van der Waals surface area contributed by atoms with Gasteiger partial charge < -0.3 is 10.1 Å². The minimum atomic E-state index is 0.225. The number of rotatable bonds is 4. The second kappa shape index (κ2) is 6.25. The van der Waals surface area contributed by atoms with Crippen LogP contribution in [0, 0.1) is 13.8 Å². The van der Waals surface area contributed by atoms with Crippen molar-refractivity contribution in [3.8, 4) is 11.5 Å². The molecule has 1 unspecified atom stereocenters. The van der Waals surface area contributed by atoms with Gasteiger partial charge in [-0.15, -0.1) is 0 Å². The van der Waals surface area contributed by atoms with E-state index in [4.69, 9.17) is 16.3 Å². The van der Waals surface area contributed by atoms with E-state index >= 15 is 0 Å². The number of aryl methyl sites for hydroxylation is 2. The van der Waals surface area contributed by atoms with Crippen molar-refractivity contribution in [2.45, 2.75) is 26.8 Å². The highest BCUT2D eigenvalue weighted by molar-refractivity contribution is 6.30. The Kier molecular flexibility index (Phi) is 4.63. The van der Waals surface area contributed by atoms with Gasteiger partial charge in [-0.3, -0.25) is 4.98 Å². The number of nitrogens with one attached hydrogen (secondary N) is 1. The van der Waals surface area contributed by atoms with E-state index in [1.165, 1.54) is 0 Å². The molecule has 0 saturated carbocycles. The first kappa shape index (κ1) is 14.8. The van der Waals surface area contributed by atoms with E-state index in [-0.39, 0.29) is 6.04 Å². The molecular weight excluding hydrogens is 272 g/mol. The number of benzene rings is 1. The minimum absolute atomic E-state index is 0.225. The molecule has 1 aromatic heterocycles. The van der Waals surface area contributed by atoms with Crippen molar-refractivity contribution in [3.63, 3.8) is 0 Å². The Morgan fingerprint density at radius 2 is 1.85 bits per heavy atom. The summed E-state index contributed by atoms with van der Waals surface area (Å²) in [4.78, 5) is 4.41. The maximum Gasteiger partial charge on any atom is 0.145 e. The molecule has 1 N–H and O–H groups in total. The van der Waals surface area contributed by atoms with Gasteiger partial charge in [0, 0.05) is 11.1 Å². The molecule has 0 bridgehead atoms. The zero-order valence-corrected chi connectivity index (χ0v) is 13.0. The van der Waals surface area contributed by atoms with Gasteiger partial charge in [-0.25, -0.2) is 0 Å². The van der Waals surface area contributed by atoms with Crippen LogP contribution in [0.3, 0.4) is 0 Å². The quantitative estimate of drug-likeness (QED) is 0.905. The standard InChI is InChI=1S/C16H19ClN2O/c1-10-7-13(17)8-11(2)16(10)20-14-5-6-15(19-9-14)12(3)18-4/h5-9,12,18H,1-4H3. The Morgan fingerprint density at radius 3 is 2.35 bits per heavy atom. The lowest BCUT2D eigenvalue weighted by Crippen LogP contribution is -2.13. The fourth-order valence-electron chi connectivity index (χ4n) is 2.03. The highest BCUT2D eigenvalue weighted by Gasteiger charge is 2.08. The van der Waals surface area contributed by atoms with Crippen LogP contribution in [0.4, 0.5) is 0 Å². The van der Waals surface area contributed by atoms with E-state index in [2.05, 4.69) is 17.2 Å². The van der Waals surface area contributed by atoms with Gasteiger partial charge in [0.2, 0.25) is 0 Å². The maximum absolute atomic E-state index is 6.02. The van der Waals surface area contributed by atoms with Crippen LogP contribution >= 0.6 is 11.6 Å². The van der Waals surface area contributed by atoms with E-state index in [1.807, 2.05) is 45.2 Å². The molecule has 1 aromatic carbocycles. The molecule has 3 nitrogen and oxygen atoms in total. The van der Waals surface area contributed by atoms with E-state index in [0.29, 0.717) is 0 Å². The summed E-state index contributed by atoms with van der Waals surface area (Å²) in [5, 5.41) is 3.88. The topological polar surface area (TPSA) is 34.1 Å². The van der Waals surface area contributed by atoms with Crippen LogP contribution in [0.15, 0.2) is 30.5 Å². The third-order valence-electron chi connectivity index (χ3n) is 3.28. The second-order valence-electron chi connectivity index (χ2n) is 4.90. The van der Waals surface area contributed by atoms with Crippen LogP contribution < -0.4 is 10.1 Å². The normalized spacial score (nSPS) is 12.2. The smallest absolute Gasteiger partial charge is 0.145 e. The van der Waals surface area contributed by atoms with Crippen molar-refractivity contribution in [2.24, 2.45) is 0 Å². The first-order valence-corrected chi connectivity index (χ1v) is 6.97. The highest BCUT2D eigenvalue weighted by atomic mass is 35.5. The molecule has 0 saturated heterocycles. The summed E-state index contributed by atoms with van der Waals surface area (Å²) in [7, 11) is 1.91. The number of pyridine rings is 1. The number of nitrogens with zero attached hydrogens (tertiary/aromatic N) is 1. The molecule has 0 amide bonds. The monoisotopic (exact) mass is 290 g/mol. The van der Waals surface area contributed by atoms with E-state index < -0.39 is 0 Å². The third kappa shape index (κ3) is 3.30. The zero-order chi connectivity index (χ0) is 14.7. The number of halogens is 1. The SMILES string of the molecule is CNC(C)c1ccc(Oc2c(C)cc(Cl)cc2C)cn1. The molecule has 1 atom stereocenters. The number of hydrogen-bond acceptors (Lipinski definition) is 3. The molecular formula is C16H19ClN2O. The maximum atomic E-state index is 6.02. The van der Waals surface area contributed by atoms with Crippen molar-refractivity contribution in [3.05, 3.63) is 52.3 Å². The van der Waals surface area contributed by atoms with E-state index in [1.54, 1.807) is 6.20 Å². The first-order chi connectivity index (χ1) is 9.51. The third-order valence-corrected chi connectivity index (χ3v) is 3.50. The summed E-state index contributed by atoms with van der Waals surface area (Å²) in [5.74, 6) is 1.57. The first-order valence-electron chi connectivity index (χ1n) is 6.59. The molecule has 0 radical (unpaired) electrons. The molecule has 0 aliphatic carbocycles. The Balaban J connectivity index is 2.23. The van der Waals surface area contributed by atoms with E-state index in [9.17, 15) is 0 Å². The average Bonchev–Trinajstić information content (AvgIpc) is 2.42. The van der Waals surface area contributed by atoms with Gasteiger partial charge >= 0.3 is 0 Å². The molecule has 4 heteroatoms. The van der Waals surface area contributed by atoms with Gasteiger partial charge in [-0.05, 0) is 63.2 Å². The molecule has 20 heavy (non-hydrogen) atoms. The largest absolute Gasteiger partial charge is 0.455 e. The fourth-order valence-corrected chi connectivity index (χ4v) is 2.36. The summed E-state index contributed by atoms with van der Waals surface area (Å²) in [6.07, 6.45) is 1.75. The van der Waals surface area contributed by atoms with Gasteiger partial charge in [-0.2, -0.15) is 0 Å². The Bertz CT molecular complexity index is 573. The summed E-state index contributed by atoms with van der Waals surface area (Å²) in [6, 6.07) is 7.92. The van der Waals surface area contributed by atoms with Crippen LogP contribution in [-0.4, -0.2) is 12.0 Å². The zero-order valence-electron chi connectivity index (χ0n) is 12.2. The molecule has 0 aliphatic rings. The minimum Gasteiger partial charge on any atom is -0.455 e. The summed E-state index contributed by atoms with van der Waals surface area (Å²) >= 11 is 6.02. The van der Waals surface area contributed by atoms with Crippen molar-refractivity contribution in [2.75, 3.05) is 7.05 Å². The molecule has 0 fully saturated rings. The summed E-state index contributed by atoms with van der Waals surface area (Å²) < 4.78 is 5.92. The van der Waals surface area contributed by atoms with Crippen molar-refractivity contribution in [1.82, 2.24) is 10.3 Å².